The van der Waals surface area contributed by atoms with Crippen LogP contribution in [-0.2, 0) is 0 Å². The Morgan fingerprint density at radius 1 is 1.67 bits per heavy atom. The van der Waals surface area contributed by atoms with Gasteiger partial charge in [0.25, 0.3) is 0 Å². The fourth-order valence-electron chi connectivity index (χ4n) is 0.957. The SMILES string of the molecule is C=CCOc1ccc(C(=O)O)c(Cl)c1Br. The lowest BCUT2D eigenvalue weighted by Gasteiger charge is -2.08. The molecule has 0 aliphatic heterocycles. The fraction of sp³-hybridized carbons (Fsp3) is 0.100. The van der Waals surface area contributed by atoms with Crippen molar-refractivity contribution in [2.45, 2.75) is 0 Å². The molecule has 0 fully saturated rings. The molecule has 0 radical (unpaired) electrons. The molecule has 0 heterocycles. The Hall–Kier alpha value is -1.00. The highest BCUT2D eigenvalue weighted by Gasteiger charge is 2.14. The summed E-state index contributed by atoms with van der Waals surface area (Å²) >= 11 is 9.01. The van der Waals surface area contributed by atoms with Crippen molar-refractivity contribution in [3.05, 3.63) is 39.8 Å². The summed E-state index contributed by atoms with van der Waals surface area (Å²) in [7, 11) is 0. The first-order valence-corrected chi connectivity index (χ1v) is 5.20. The summed E-state index contributed by atoms with van der Waals surface area (Å²) < 4.78 is 5.70. The number of halogens is 2. The predicted molar refractivity (Wildman–Crippen MR) is 61.8 cm³/mol. The van der Waals surface area contributed by atoms with Crippen LogP contribution in [0.3, 0.4) is 0 Å². The molecule has 80 valence electrons. The van der Waals surface area contributed by atoms with Crippen molar-refractivity contribution >= 4 is 33.5 Å². The summed E-state index contributed by atoms with van der Waals surface area (Å²) in [6, 6.07) is 2.94. The minimum atomic E-state index is -1.07. The second-order valence-electron chi connectivity index (χ2n) is 2.64. The maximum atomic E-state index is 10.7. The summed E-state index contributed by atoms with van der Waals surface area (Å²) in [5.41, 5.74) is 0.0366. The van der Waals surface area contributed by atoms with Crippen LogP contribution in [0.25, 0.3) is 0 Å². The van der Waals surface area contributed by atoms with E-state index in [-0.39, 0.29) is 10.6 Å². The molecule has 1 N–H and O–H groups in total. The minimum absolute atomic E-state index is 0.0366. The van der Waals surface area contributed by atoms with Crippen LogP contribution in [0.4, 0.5) is 0 Å². The molecule has 1 aromatic rings. The van der Waals surface area contributed by atoms with Gasteiger partial charge in [-0.05, 0) is 28.1 Å². The molecule has 15 heavy (non-hydrogen) atoms. The summed E-state index contributed by atoms with van der Waals surface area (Å²) in [5, 5.41) is 8.92. The molecule has 0 amide bonds. The van der Waals surface area contributed by atoms with Crippen molar-refractivity contribution in [1.29, 1.82) is 0 Å². The van der Waals surface area contributed by atoms with Gasteiger partial charge in [-0.15, -0.1) is 0 Å². The predicted octanol–water partition coefficient (Wildman–Crippen LogP) is 3.37. The molecule has 3 nitrogen and oxygen atoms in total. The molecule has 0 aliphatic carbocycles. The van der Waals surface area contributed by atoms with E-state index in [4.69, 9.17) is 21.4 Å². The number of benzene rings is 1. The molecular formula is C10H8BrClO3. The highest BCUT2D eigenvalue weighted by Crippen LogP contribution is 2.34. The Morgan fingerprint density at radius 3 is 2.87 bits per heavy atom. The van der Waals surface area contributed by atoms with Gasteiger partial charge in [0.2, 0.25) is 0 Å². The van der Waals surface area contributed by atoms with E-state index >= 15 is 0 Å². The quantitative estimate of drug-likeness (QED) is 0.865. The zero-order valence-corrected chi connectivity index (χ0v) is 10.0. The Labute approximate surface area is 100 Å². The molecule has 0 bridgehead atoms. The van der Waals surface area contributed by atoms with E-state index in [1.54, 1.807) is 12.1 Å². The molecule has 0 spiro atoms. The van der Waals surface area contributed by atoms with E-state index in [9.17, 15) is 4.79 Å². The number of ether oxygens (including phenoxy) is 1. The van der Waals surface area contributed by atoms with Gasteiger partial charge in [-0.2, -0.15) is 0 Å². The summed E-state index contributed by atoms with van der Waals surface area (Å²) in [4.78, 5) is 10.7. The molecule has 0 atom stereocenters. The summed E-state index contributed by atoms with van der Waals surface area (Å²) in [5.74, 6) is -0.583. The monoisotopic (exact) mass is 290 g/mol. The molecule has 0 unspecified atom stereocenters. The highest BCUT2D eigenvalue weighted by molar-refractivity contribution is 9.10. The van der Waals surface area contributed by atoms with Gasteiger partial charge in [-0.25, -0.2) is 4.79 Å². The van der Waals surface area contributed by atoms with Gasteiger partial charge in [0.15, 0.2) is 0 Å². The largest absolute Gasteiger partial charge is 0.488 e. The van der Waals surface area contributed by atoms with Crippen LogP contribution in [0.1, 0.15) is 10.4 Å². The molecule has 1 aromatic carbocycles. The Kier molecular flexibility index (Phi) is 4.17. The number of rotatable bonds is 4. The molecule has 0 aromatic heterocycles. The first-order chi connectivity index (χ1) is 7.07. The first-order valence-electron chi connectivity index (χ1n) is 4.03. The normalized spacial score (nSPS) is 9.73. The van der Waals surface area contributed by atoms with E-state index in [0.29, 0.717) is 16.8 Å². The Morgan fingerprint density at radius 2 is 2.33 bits per heavy atom. The summed E-state index contributed by atoms with van der Waals surface area (Å²) in [6.07, 6.45) is 1.59. The van der Waals surface area contributed by atoms with Crippen LogP contribution < -0.4 is 4.74 Å². The molecular weight excluding hydrogens is 283 g/mol. The molecule has 0 aliphatic rings. The van der Waals surface area contributed by atoms with Gasteiger partial charge in [0.05, 0.1) is 15.1 Å². The smallest absolute Gasteiger partial charge is 0.337 e. The third kappa shape index (κ3) is 2.73. The first kappa shape index (κ1) is 12.1. The Balaban J connectivity index is 3.09. The van der Waals surface area contributed by atoms with Crippen LogP contribution in [-0.4, -0.2) is 17.7 Å². The summed E-state index contributed by atoms with van der Waals surface area (Å²) in [6.45, 7) is 3.84. The van der Waals surface area contributed by atoms with Gasteiger partial charge in [-0.3, -0.25) is 0 Å². The van der Waals surface area contributed by atoms with Gasteiger partial charge >= 0.3 is 5.97 Å². The molecule has 0 saturated carbocycles. The standard InChI is InChI=1S/C10H8BrClO3/c1-2-5-15-7-4-3-6(10(13)14)9(12)8(7)11/h2-4H,1,5H2,(H,13,14). The second kappa shape index (κ2) is 5.19. The number of carboxylic acid groups (broad SMARTS) is 1. The van der Waals surface area contributed by atoms with Gasteiger partial charge in [-0.1, -0.05) is 24.3 Å². The fourth-order valence-corrected chi connectivity index (χ4v) is 1.65. The van der Waals surface area contributed by atoms with E-state index in [1.165, 1.54) is 6.07 Å². The lowest BCUT2D eigenvalue weighted by Crippen LogP contribution is -2.00. The van der Waals surface area contributed by atoms with E-state index in [2.05, 4.69) is 22.5 Å². The minimum Gasteiger partial charge on any atom is -0.488 e. The van der Waals surface area contributed by atoms with Crippen molar-refractivity contribution in [3.8, 4) is 5.75 Å². The maximum Gasteiger partial charge on any atom is 0.337 e. The molecule has 0 saturated heterocycles. The van der Waals surface area contributed by atoms with E-state index in [1.807, 2.05) is 0 Å². The van der Waals surface area contributed by atoms with Gasteiger partial charge in [0, 0.05) is 0 Å². The average molecular weight is 292 g/mol. The van der Waals surface area contributed by atoms with E-state index in [0.717, 1.165) is 0 Å². The third-order valence-electron chi connectivity index (χ3n) is 1.63. The van der Waals surface area contributed by atoms with Crippen LogP contribution in [0.5, 0.6) is 5.75 Å². The second-order valence-corrected chi connectivity index (χ2v) is 3.82. The van der Waals surface area contributed by atoms with Crippen LogP contribution in [0, 0.1) is 0 Å². The topological polar surface area (TPSA) is 46.5 Å². The number of hydrogen-bond donors (Lipinski definition) is 1. The van der Waals surface area contributed by atoms with Crippen molar-refractivity contribution in [2.75, 3.05) is 6.61 Å². The zero-order valence-electron chi connectivity index (χ0n) is 7.67. The van der Waals surface area contributed by atoms with Crippen molar-refractivity contribution < 1.29 is 14.6 Å². The van der Waals surface area contributed by atoms with Gasteiger partial charge in [0.1, 0.15) is 12.4 Å². The Bertz CT molecular complexity index is 404. The zero-order chi connectivity index (χ0) is 11.4. The maximum absolute atomic E-state index is 10.7. The van der Waals surface area contributed by atoms with Crippen LogP contribution >= 0.6 is 27.5 Å². The van der Waals surface area contributed by atoms with Crippen molar-refractivity contribution in [1.82, 2.24) is 0 Å². The van der Waals surface area contributed by atoms with E-state index < -0.39 is 5.97 Å². The number of carboxylic acids is 1. The number of carbonyl (C=O) groups is 1. The van der Waals surface area contributed by atoms with Crippen molar-refractivity contribution in [3.63, 3.8) is 0 Å². The van der Waals surface area contributed by atoms with Crippen molar-refractivity contribution in [2.24, 2.45) is 0 Å². The lowest BCUT2D eigenvalue weighted by molar-refractivity contribution is 0.0697. The highest BCUT2D eigenvalue weighted by atomic mass is 79.9. The number of aromatic carboxylic acids is 1. The average Bonchev–Trinajstić information content (AvgIpc) is 2.20. The third-order valence-corrected chi connectivity index (χ3v) is 3.04. The van der Waals surface area contributed by atoms with Crippen LogP contribution in [0.2, 0.25) is 5.02 Å². The van der Waals surface area contributed by atoms with Crippen LogP contribution in [0.15, 0.2) is 29.3 Å². The number of hydrogen-bond acceptors (Lipinski definition) is 2. The molecule has 1 rings (SSSR count). The molecule has 5 heteroatoms. The van der Waals surface area contributed by atoms with Gasteiger partial charge < -0.3 is 9.84 Å². The lowest BCUT2D eigenvalue weighted by atomic mass is 10.2.